The highest BCUT2D eigenvalue weighted by Gasteiger charge is 2.23. The number of likely N-dealkylation sites (tertiary alicyclic amines) is 1. The number of thiazole rings is 1. The van der Waals surface area contributed by atoms with Gasteiger partial charge < -0.3 is 20.9 Å². The van der Waals surface area contributed by atoms with Gasteiger partial charge >= 0.3 is 0 Å². The van der Waals surface area contributed by atoms with E-state index in [2.05, 4.69) is 44.2 Å². The van der Waals surface area contributed by atoms with E-state index in [0.717, 1.165) is 36.9 Å². The molecule has 1 fully saturated rings. The molecule has 0 spiro atoms. The number of nitrogens with two attached hydrogens (primary N) is 1. The van der Waals surface area contributed by atoms with Crippen LogP contribution in [0.15, 0.2) is 17.9 Å². The lowest BCUT2D eigenvalue weighted by Crippen LogP contribution is -2.42. The molecular weight excluding hydrogens is 298 g/mol. The number of hydrogen-bond donors (Lipinski definition) is 2. The maximum atomic E-state index is 6.27. The molecular formula is C14H21N7S. The highest BCUT2D eigenvalue weighted by Crippen LogP contribution is 2.30. The molecule has 118 valence electrons. The van der Waals surface area contributed by atoms with Crippen molar-refractivity contribution in [2.45, 2.75) is 18.9 Å². The predicted octanol–water partition coefficient (Wildman–Crippen LogP) is 1.79. The summed E-state index contributed by atoms with van der Waals surface area (Å²) in [6, 6.07) is 0.459. The zero-order valence-electron chi connectivity index (χ0n) is 12.9. The van der Waals surface area contributed by atoms with Crippen LogP contribution in [0.4, 0.5) is 22.5 Å². The number of hydrogen-bond acceptors (Lipinski definition) is 8. The third-order valence-corrected chi connectivity index (χ3v) is 4.78. The summed E-state index contributed by atoms with van der Waals surface area (Å²) in [6.45, 7) is 2.20. The molecule has 1 aliphatic heterocycles. The Morgan fingerprint density at radius 1 is 1.32 bits per heavy atom. The van der Waals surface area contributed by atoms with Crippen LogP contribution in [0.25, 0.3) is 0 Å². The number of piperidine rings is 1. The van der Waals surface area contributed by atoms with Gasteiger partial charge in [-0.2, -0.15) is 0 Å². The van der Waals surface area contributed by atoms with Crippen LogP contribution in [0.5, 0.6) is 0 Å². The number of nitrogen functional groups attached to an aromatic ring is 1. The van der Waals surface area contributed by atoms with E-state index in [9.17, 15) is 0 Å². The lowest BCUT2D eigenvalue weighted by atomic mass is 10.0. The first-order valence-electron chi connectivity index (χ1n) is 7.33. The fraction of sp³-hybridized carbons (Fsp3) is 0.500. The molecule has 3 N–H and O–H groups in total. The molecule has 2 aromatic heterocycles. The molecule has 0 saturated carbocycles. The van der Waals surface area contributed by atoms with Crippen LogP contribution < -0.4 is 16.0 Å². The third-order valence-electron chi connectivity index (χ3n) is 4.09. The summed E-state index contributed by atoms with van der Waals surface area (Å²) in [4.78, 5) is 17.3. The maximum absolute atomic E-state index is 6.27. The van der Waals surface area contributed by atoms with Gasteiger partial charge in [0.15, 0.2) is 16.8 Å². The van der Waals surface area contributed by atoms with E-state index in [1.54, 1.807) is 12.5 Å². The smallest absolute Gasteiger partial charge is 0.188 e. The van der Waals surface area contributed by atoms with Gasteiger partial charge in [0, 0.05) is 24.7 Å². The summed E-state index contributed by atoms with van der Waals surface area (Å²) in [5.74, 6) is 1.39. The summed E-state index contributed by atoms with van der Waals surface area (Å²) < 4.78 is 0. The van der Waals surface area contributed by atoms with Gasteiger partial charge in [0.2, 0.25) is 0 Å². The highest BCUT2D eigenvalue weighted by molar-refractivity contribution is 7.13. The molecule has 0 unspecified atom stereocenters. The van der Waals surface area contributed by atoms with Gasteiger partial charge in [-0.05, 0) is 33.0 Å². The van der Waals surface area contributed by atoms with Crippen molar-refractivity contribution >= 4 is 33.8 Å². The van der Waals surface area contributed by atoms with Gasteiger partial charge in [-0.3, -0.25) is 0 Å². The van der Waals surface area contributed by atoms with Gasteiger partial charge in [0.25, 0.3) is 0 Å². The minimum Gasteiger partial charge on any atom is -0.393 e. The molecule has 3 rings (SSSR count). The average Bonchev–Trinajstić information content (AvgIpc) is 3.02. The Kier molecular flexibility index (Phi) is 4.39. The summed E-state index contributed by atoms with van der Waals surface area (Å²) in [7, 11) is 4.22. The first-order valence-corrected chi connectivity index (χ1v) is 8.21. The minimum atomic E-state index is 0.459. The second kappa shape index (κ2) is 6.45. The molecule has 0 atom stereocenters. The summed E-state index contributed by atoms with van der Waals surface area (Å²) in [5.41, 5.74) is 6.84. The van der Waals surface area contributed by atoms with E-state index < -0.39 is 0 Å². The Morgan fingerprint density at radius 2 is 2.09 bits per heavy atom. The highest BCUT2D eigenvalue weighted by atomic mass is 32.1. The van der Waals surface area contributed by atoms with Gasteiger partial charge in [-0.1, -0.05) is 0 Å². The van der Waals surface area contributed by atoms with E-state index >= 15 is 0 Å². The molecule has 1 saturated heterocycles. The predicted molar refractivity (Wildman–Crippen MR) is 90.8 cm³/mol. The largest absolute Gasteiger partial charge is 0.393 e. The molecule has 0 bridgehead atoms. The Labute approximate surface area is 134 Å². The van der Waals surface area contributed by atoms with Gasteiger partial charge in [-0.15, -0.1) is 11.3 Å². The minimum absolute atomic E-state index is 0.459. The van der Waals surface area contributed by atoms with Crippen molar-refractivity contribution in [3.8, 4) is 0 Å². The van der Waals surface area contributed by atoms with Crippen molar-refractivity contribution in [3.05, 3.63) is 17.9 Å². The summed E-state index contributed by atoms with van der Waals surface area (Å²) >= 11 is 1.51. The van der Waals surface area contributed by atoms with Crippen molar-refractivity contribution in [1.29, 1.82) is 0 Å². The van der Waals surface area contributed by atoms with Crippen LogP contribution in [-0.4, -0.2) is 53.1 Å². The normalized spacial score (nSPS) is 16.6. The molecule has 7 nitrogen and oxygen atoms in total. The molecule has 22 heavy (non-hydrogen) atoms. The second-order valence-electron chi connectivity index (χ2n) is 5.57. The fourth-order valence-electron chi connectivity index (χ4n) is 2.71. The Balaban J connectivity index is 1.78. The van der Waals surface area contributed by atoms with Crippen LogP contribution in [0.1, 0.15) is 12.8 Å². The third kappa shape index (κ3) is 3.12. The standard InChI is InChI=1S/C14H21N7S/c1-20-6-3-10(4-7-20)21(2)13-11(15)12(17-9-18-13)19-14-16-5-8-22-14/h5,8-10H,3-4,6-7,15H2,1-2H3,(H,16,17,18,19). The molecule has 8 heteroatoms. The van der Waals surface area contributed by atoms with Gasteiger partial charge in [0.05, 0.1) is 0 Å². The molecule has 0 amide bonds. The maximum Gasteiger partial charge on any atom is 0.188 e. The fourth-order valence-corrected chi connectivity index (χ4v) is 3.24. The van der Waals surface area contributed by atoms with Crippen LogP contribution >= 0.6 is 11.3 Å². The molecule has 2 aromatic rings. The first kappa shape index (κ1) is 15.0. The number of anilines is 4. The van der Waals surface area contributed by atoms with Gasteiger partial charge in [-0.25, -0.2) is 15.0 Å². The lowest BCUT2D eigenvalue weighted by Gasteiger charge is -2.36. The number of nitrogens with zero attached hydrogens (tertiary/aromatic N) is 5. The molecule has 0 aliphatic carbocycles. The van der Waals surface area contributed by atoms with Crippen LogP contribution in [-0.2, 0) is 0 Å². The van der Waals surface area contributed by atoms with Crippen molar-refractivity contribution in [1.82, 2.24) is 19.9 Å². The average molecular weight is 319 g/mol. The van der Waals surface area contributed by atoms with Crippen molar-refractivity contribution in [2.75, 3.05) is 43.1 Å². The first-order chi connectivity index (χ1) is 10.6. The molecule has 3 heterocycles. The van der Waals surface area contributed by atoms with Crippen LogP contribution in [0.3, 0.4) is 0 Å². The van der Waals surface area contributed by atoms with E-state index in [-0.39, 0.29) is 0 Å². The Hall–Kier alpha value is -1.93. The SMILES string of the molecule is CN1CCC(N(C)c2ncnc(Nc3nccs3)c2N)CC1. The number of rotatable bonds is 4. The van der Waals surface area contributed by atoms with Gasteiger partial charge in [0.1, 0.15) is 12.0 Å². The quantitative estimate of drug-likeness (QED) is 0.889. The summed E-state index contributed by atoms with van der Waals surface area (Å²) in [6.07, 6.45) is 5.53. The Bertz CT molecular complexity index is 608. The van der Waals surface area contributed by atoms with Crippen LogP contribution in [0.2, 0.25) is 0 Å². The zero-order valence-corrected chi connectivity index (χ0v) is 13.7. The van der Waals surface area contributed by atoms with E-state index in [1.807, 2.05) is 5.38 Å². The van der Waals surface area contributed by atoms with E-state index in [4.69, 9.17) is 5.73 Å². The van der Waals surface area contributed by atoms with Crippen molar-refractivity contribution in [3.63, 3.8) is 0 Å². The summed E-state index contributed by atoms with van der Waals surface area (Å²) in [5, 5.41) is 5.84. The second-order valence-corrected chi connectivity index (χ2v) is 6.46. The number of aromatic nitrogens is 3. The Morgan fingerprint density at radius 3 is 2.77 bits per heavy atom. The molecule has 1 aliphatic rings. The zero-order chi connectivity index (χ0) is 15.5. The topological polar surface area (TPSA) is 83.2 Å². The molecule has 0 radical (unpaired) electrons. The van der Waals surface area contributed by atoms with Crippen molar-refractivity contribution < 1.29 is 0 Å². The lowest BCUT2D eigenvalue weighted by molar-refractivity contribution is 0.252. The van der Waals surface area contributed by atoms with Crippen molar-refractivity contribution in [2.24, 2.45) is 0 Å². The number of nitrogens with one attached hydrogen (secondary N) is 1. The van der Waals surface area contributed by atoms with E-state index in [0.29, 0.717) is 17.5 Å². The molecule has 0 aromatic carbocycles. The van der Waals surface area contributed by atoms with E-state index in [1.165, 1.54) is 11.3 Å². The van der Waals surface area contributed by atoms with Crippen LogP contribution in [0, 0.1) is 0 Å². The monoisotopic (exact) mass is 319 g/mol.